The zero-order valence-electron chi connectivity index (χ0n) is 12.2. The van der Waals surface area contributed by atoms with Crippen molar-refractivity contribution >= 4 is 11.7 Å². The van der Waals surface area contributed by atoms with Crippen LogP contribution >= 0.6 is 0 Å². The number of anilines is 1. The molecule has 0 amide bonds. The summed E-state index contributed by atoms with van der Waals surface area (Å²) in [5, 5.41) is 12.5. The average Bonchev–Trinajstić information content (AvgIpc) is 2.47. The highest BCUT2D eigenvalue weighted by Gasteiger charge is 2.25. The largest absolute Gasteiger partial charge is 0.496 e. The van der Waals surface area contributed by atoms with Crippen molar-refractivity contribution in [1.82, 2.24) is 0 Å². The van der Waals surface area contributed by atoms with Crippen LogP contribution in [0.15, 0.2) is 18.2 Å². The van der Waals surface area contributed by atoms with Crippen LogP contribution in [0.1, 0.15) is 38.2 Å². The number of hydrogen-bond donors (Lipinski definition) is 2. The van der Waals surface area contributed by atoms with Gasteiger partial charge in [-0.05, 0) is 43.7 Å². The molecule has 0 atom stereocenters. The number of rotatable bonds is 5. The number of methoxy groups -OCH3 is 1. The molecular formula is C16H23NO3. The molecule has 4 nitrogen and oxygen atoms in total. The molecule has 0 saturated heterocycles. The number of aryl methyl sites for hydroxylation is 1. The second kappa shape index (κ2) is 6.64. The lowest BCUT2D eigenvalue weighted by molar-refractivity contribution is -0.142. The summed E-state index contributed by atoms with van der Waals surface area (Å²) in [6.07, 6.45) is 4.30. The van der Waals surface area contributed by atoms with E-state index >= 15 is 0 Å². The van der Waals surface area contributed by atoms with Gasteiger partial charge in [-0.2, -0.15) is 0 Å². The summed E-state index contributed by atoms with van der Waals surface area (Å²) in [6, 6.07) is 6.55. The number of carboxylic acid groups (broad SMARTS) is 1. The highest BCUT2D eigenvalue weighted by molar-refractivity contribution is 5.70. The van der Waals surface area contributed by atoms with E-state index in [2.05, 4.69) is 24.4 Å². The van der Waals surface area contributed by atoms with E-state index in [9.17, 15) is 4.79 Å². The van der Waals surface area contributed by atoms with Gasteiger partial charge >= 0.3 is 5.97 Å². The third-order valence-corrected chi connectivity index (χ3v) is 4.12. The van der Waals surface area contributed by atoms with Crippen LogP contribution in [0.2, 0.25) is 0 Å². The highest BCUT2D eigenvalue weighted by Crippen LogP contribution is 2.29. The zero-order valence-corrected chi connectivity index (χ0v) is 12.2. The van der Waals surface area contributed by atoms with Crippen molar-refractivity contribution < 1.29 is 14.6 Å². The first kappa shape index (κ1) is 14.7. The SMILES string of the molecule is CCc1ccc(NC2CCC(C(=O)O)CC2)cc1OC. The quantitative estimate of drug-likeness (QED) is 0.867. The summed E-state index contributed by atoms with van der Waals surface area (Å²) in [5.74, 6) is 0.0965. The molecule has 0 bridgehead atoms. The molecule has 1 aromatic carbocycles. The van der Waals surface area contributed by atoms with Gasteiger partial charge in [0.2, 0.25) is 0 Å². The number of ether oxygens (including phenoxy) is 1. The number of carbonyl (C=O) groups is 1. The summed E-state index contributed by atoms with van der Waals surface area (Å²) in [6.45, 7) is 2.11. The van der Waals surface area contributed by atoms with Gasteiger partial charge in [0.05, 0.1) is 13.0 Å². The summed E-state index contributed by atoms with van der Waals surface area (Å²) in [7, 11) is 1.69. The monoisotopic (exact) mass is 277 g/mol. The first-order chi connectivity index (χ1) is 9.63. The van der Waals surface area contributed by atoms with E-state index in [0.717, 1.165) is 43.5 Å². The maximum atomic E-state index is 10.9. The number of carboxylic acids is 1. The lowest BCUT2D eigenvalue weighted by atomic mass is 9.86. The van der Waals surface area contributed by atoms with Gasteiger partial charge in [-0.15, -0.1) is 0 Å². The Hall–Kier alpha value is -1.71. The second-order valence-electron chi connectivity index (χ2n) is 5.41. The molecule has 20 heavy (non-hydrogen) atoms. The van der Waals surface area contributed by atoms with Gasteiger partial charge < -0.3 is 15.2 Å². The topological polar surface area (TPSA) is 58.6 Å². The summed E-state index contributed by atoms with van der Waals surface area (Å²) in [4.78, 5) is 10.9. The van der Waals surface area contributed by atoms with Crippen molar-refractivity contribution in [3.8, 4) is 5.75 Å². The van der Waals surface area contributed by atoms with Crippen LogP contribution in [0.3, 0.4) is 0 Å². The van der Waals surface area contributed by atoms with Crippen molar-refractivity contribution in [3.05, 3.63) is 23.8 Å². The number of hydrogen-bond acceptors (Lipinski definition) is 3. The first-order valence-corrected chi connectivity index (χ1v) is 7.30. The molecule has 0 aliphatic heterocycles. The maximum absolute atomic E-state index is 10.9. The van der Waals surface area contributed by atoms with E-state index in [1.165, 1.54) is 5.56 Å². The van der Waals surface area contributed by atoms with Crippen LogP contribution in [-0.4, -0.2) is 24.2 Å². The van der Waals surface area contributed by atoms with Crippen LogP contribution in [0.5, 0.6) is 5.75 Å². The maximum Gasteiger partial charge on any atom is 0.306 e. The van der Waals surface area contributed by atoms with Crippen molar-refractivity contribution in [3.63, 3.8) is 0 Å². The lowest BCUT2D eigenvalue weighted by Gasteiger charge is -2.27. The number of benzene rings is 1. The number of nitrogens with one attached hydrogen (secondary N) is 1. The fourth-order valence-electron chi connectivity index (χ4n) is 2.85. The molecule has 1 aliphatic rings. The Morgan fingerprint density at radius 3 is 2.60 bits per heavy atom. The molecule has 0 unspecified atom stereocenters. The van der Waals surface area contributed by atoms with Crippen LogP contribution in [0, 0.1) is 5.92 Å². The lowest BCUT2D eigenvalue weighted by Crippen LogP contribution is -2.29. The zero-order chi connectivity index (χ0) is 14.5. The molecule has 0 spiro atoms. The van der Waals surface area contributed by atoms with E-state index < -0.39 is 5.97 Å². The Bertz CT molecular complexity index is 465. The predicted molar refractivity (Wildman–Crippen MR) is 79.4 cm³/mol. The smallest absolute Gasteiger partial charge is 0.306 e. The van der Waals surface area contributed by atoms with E-state index in [1.54, 1.807) is 7.11 Å². The van der Waals surface area contributed by atoms with Gasteiger partial charge in [0.15, 0.2) is 0 Å². The Labute approximate surface area is 120 Å². The van der Waals surface area contributed by atoms with E-state index in [0.29, 0.717) is 6.04 Å². The third-order valence-electron chi connectivity index (χ3n) is 4.12. The molecule has 1 aliphatic carbocycles. The Kier molecular flexibility index (Phi) is 4.88. The van der Waals surface area contributed by atoms with Gasteiger partial charge in [-0.3, -0.25) is 4.79 Å². The molecular weight excluding hydrogens is 254 g/mol. The predicted octanol–water partition coefficient (Wildman–Crippen LogP) is 3.31. The summed E-state index contributed by atoms with van der Waals surface area (Å²) in [5.41, 5.74) is 2.26. The number of aliphatic carboxylic acids is 1. The molecule has 110 valence electrons. The molecule has 1 aromatic rings. The van der Waals surface area contributed by atoms with E-state index in [1.807, 2.05) is 6.07 Å². The minimum Gasteiger partial charge on any atom is -0.496 e. The second-order valence-corrected chi connectivity index (χ2v) is 5.41. The Balaban J connectivity index is 1.96. The van der Waals surface area contributed by atoms with Crippen LogP contribution in [-0.2, 0) is 11.2 Å². The Morgan fingerprint density at radius 1 is 1.35 bits per heavy atom. The van der Waals surface area contributed by atoms with Gasteiger partial charge in [0.1, 0.15) is 5.75 Å². The Morgan fingerprint density at radius 2 is 2.05 bits per heavy atom. The van der Waals surface area contributed by atoms with Crippen LogP contribution < -0.4 is 10.1 Å². The minimum atomic E-state index is -0.655. The van der Waals surface area contributed by atoms with Gasteiger partial charge in [-0.1, -0.05) is 13.0 Å². The normalized spacial score (nSPS) is 22.3. The molecule has 2 rings (SSSR count). The molecule has 1 saturated carbocycles. The van der Waals surface area contributed by atoms with E-state index in [4.69, 9.17) is 9.84 Å². The van der Waals surface area contributed by atoms with Gasteiger partial charge in [0.25, 0.3) is 0 Å². The molecule has 0 aromatic heterocycles. The minimum absolute atomic E-state index is 0.162. The van der Waals surface area contributed by atoms with E-state index in [-0.39, 0.29) is 5.92 Å². The van der Waals surface area contributed by atoms with Crippen molar-refractivity contribution in [1.29, 1.82) is 0 Å². The fraction of sp³-hybridized carbons (Fsp3) is 0.562. The molecule has 2 N–H and O–H groups in total. The van der Waals surface area contributed by atoms with Crippen molar-refractivity contribution in [2.75, 3.05) is 12.4 Å². The average molecular weight is 277 g/mol. The summed E-state index contributed by atoms with van der Waals surface area (Å²) < 4.78 is 5.40. The highest BCUT2D eigenvalue weighted by atomic mass is 16.5. The third kappa shape index (κ3) is 3.44. The summed E-state index contributed by atoms with van der Waals surface area (Å²) >= 11 is 0. The standard InChI is InChI=1S/C16H23NO3/c1-3-11-4-9-14(10-15(11)20-2)17-13-7-5-12(6-8-13)16(18)19/h4,9-10,12-13,17H,3,5-8H2,1-2H3,(H,18,19). The van der Waals surface area contributed by atoms with Gasteiger partial charge in [0, 0.05) is 17.8 Å². The van der Waals surface area contributed by atoms with Crippen molar-refractivity contribution in [2.24, 2.45) is 5.92 Å². The molecule has 4 heteroatoms. The molecule has 0 radical (unpaired) electrons. The van der Waals surface area contributed by atoms with Crippen molar-refractivity contribution in [2.45, 2.75) is 45.1 Å². The van der Waals surface area contributed by atoms with Gasteiger partial charge in [-0.25, -0.2) is 0 Å². The molecule has 0 heterocycles. The molecule has 1 fully saturated rings. The van der Waals surface area contributed by atoms with Crippen LogP contribution in [0.4, 0.5) is 5.69 Å². The van der Waals surface area contributed by atoms with Crippen LogP contribution in [0.25, 0.3) is 0 Å². The fourth-order valence-corrected chi connectivity index (χ4v) is 2.85. The first-order valence-electron chi connectivity index (χ1n) is 7.30.